The molecule has 0 fully saturated rings. The van der Waals surface area contributed by atoms with E-state index in [0.717, 1.165) is 25.7 Å². The van der Waals surface area contributed by atoms with Gasteiger partial charge in [-0.1, -0.05) is 133 Å². The van der Waals surface area contributed by atoms with Crippen LogP contribution in [-0.2, 0) is 9.47 Å². The summed E-state index contributed by atoms with van der Waals surface area (Å²) in [6, 6.07) is 18.7. The normalized spacial score (nSPS) is 9.70. The highest BCUT2D eigenvalue weighted by Gasteiger charge is 2.18. The predicted molar refractivity (Wildman–Crippen MR) is 156 cm³/mol. The molecule has 0 amide bonds. The number of esters is 2. The third kappa shape index (κ3) is 19.9. The van der Waals surface area contributed by atoms with Crippen molar-refractivity contribution in [3.05, 3.63) is 84.4 Å². The first-order chi connectivity index (χ1) is 18.1. The summed E-state index contributed by atoms with van der Waals surface area (Å²) in [4.78, 5) is 24.7. The summed E-state index contributed by atoms with van der Waals surface area (Å²) in [7, 11) is 0. The Kier molecular flexibility index (Phi) is 24.2. The molecular weight excluding hydrogens is 460 g/mol. The average molecular weight is 511 g/mol. The van der Waals surface area contributed by atoms with Crippen molar-refractivity contribution in [1.82, 2.24) is 0 Å². The van der Waals surface area contributed by atoms with Gasteiger partial charge in [-0.2, -0.15) is 0 Å². The first-order valence-corrected chi connectivity index (χ1v) is 14.1. The highest BCUT2D eigenvalue weighted by molar-refractivity contribution is 6.03. The van der Waals surface area contributed by atoms with Crippen molar-refractivity contribution >= 4 is 11.9 Å². The Bertz CT molecular complexity index is 725. The van der Waals surface area contributed by atoms with Gasteiger partial charge in [0.1, 0.15) is 0 Å². The maximum atomic E-state index is 12.4. The van der Waals surface area contributed by atoms with Crippen LogP contribution < -0.4 is 0 Å². The molecule has 0 radical (unpaired) electrons. The second-order valence-corrected chi connectivity index (χ2v) is 8.92. The van der Waals surface area contributed by atoms with E-state index in [0.29, 0.717) is 24.3 Å². The van der Waals surface area contributed by atoms with E-state index in [2.05, 4.69) is 20.4 Å². The van der Waals surface area contributed by atoms with Gasteiger partial charge in [-0.15, -0.1) is 6.58 Å². The molecule has 0 atom stereocenters. The fourth-order valence-corrected chi connectivity index (χ4v) is 3.47. The van der Waals surface area contributed by atoms with E-state index in [1.807, 2.05) is 43.3 Å². The van der Waals surface area contributed by atoms with Gasteiger partial charge in [0, 0.05) is 0 Å². The van der Waals surface area contributed by atoms with Crippen LogP contribution in [0.3, 0.4) is 0 Å². The van der Waals surface area contributed by atoms with Crippen molar-refractivity contribution in [3.8, 4) is 0 Å². The molecule has 2 rings (SSSR count). The SMILES string of the molecule is C=CC.CCCCCCCCOC(=O)c1ccccc1C(=O)OCCCCCCCC.c1ccccc1. The van der Waals surface area contributed by atoms with E-state index >= 15 is 0 Å². The lowest BCUT2D eigenvalue weighted by Crippen LogP contribution is -2.15. The van der Waals surface area contributed by atoms with Gasteiger partial charge in [-0.05, 0) is 31.9 Å². The summed E-state index contributed by atoms with van der Waals surface area (Å²) in [6.07, 6.45) is 15.4. The smallest absolute Gasteiger partial charge is 0.339 e. The van der Waals surface area contributed by atoms with Gasteiger partial charge >= 0.3 is 11.9 Å². The van der Waals surface area contributed by atoms with E-state index in [1.165, 1.54) is 51.4 Å². The molecule has 0 heterocycles. The maximum Gasteiger partial charge on any atom is 0.339 e. The molecule has 0 saturated carbocycles. The molecule has 0 aromatic heterocycles. The second kappa shape index (κ2) is 26.2. The summed E-state index contributed by atoms with van der Waals surface area (Å²) in [5.41, 5.74) is 0.586. The van der Waals surface area contributed by atoms with Gasteiger partial charge in [0.05, 0.1) is 24.3 Å². The van der Waals surface area contributed by atoms with E-state index in [4.69, 9.17) is 9.47 Å². The predicted octanol–water partition coefficient (Wildman–Crippen LogP) is 9.60. The minimum Gasteiger partial charge on any atom is -0.462 e. The fraction of sp³-hybridized carbons (Fsp3) is 0.515. The molecule has 0 unspecified atom stereocenters. The Balaban J connectivity index is 0.00000121. The van der Waals surface area contributed by atoms with Crippen LogP contribution >= 0.6 is 0 Å². The zero-order valence-electron chi connectivity index (χ0n) is 23.6. The van der Waals surface area contributed by atoms with Crippen LogP contribution in [-0.4, -0.2) is 25.2 Å². The number of ether oxygens (including phenoxy) is 2. The molecule has 0 aliphatic rings. The number of unbranched alkanes of at least 4 members (excludes halogenated alkanes) is 10. The number of rotatable bonds is 16. The van der Waals surface area contributed by atoms with Gasteiger partial charge in [-0.3, -0.25) is 0 Å². The van der Waals surface area contributed by atoms with Crippen LogP contribution in [0.25, 0.3) is 0 Å². The lowest BCUT2D eigenvalue weighted by atomic mass is 10.1. The summed E-state index contributed by atoms with van der Waals surface area (Å²) in [6.45, 7) is 10.4. The first kappa shape index (κ1) is 34.1. The molecule has 2 aromatic rings. The van der Waals surface area contributed by atoms with Crippen LogP contribution in [0.15, 0.2) is 73.3 Å². The van der Waals surface area contributed by atoms with Crippen molar-refractivity contribution in [2.75, 3.05) is 13.2 Å². The quantitative estimate of drug-likeness (QED) is 0.128. The van der Waals surface area contributed by atoms with Crippen molar-refractivity contribution in [3.63, 3.8) is 0 Å². The standard InChI is InChI=1S/C24H38O4.C6H6.C3H6/c1-3-5-7-9-11-15-19-27-23(25)21-17-13-14-18-22(21)24(26)28-20-16-12-10-8-6-4-2;1-2-4-6-5-3-1;1-3-2/h13-14,17-18H,3-12,15-16,19-20H2,1-2H3;1-6H;3H,1H2,2H3. The highest BCUT2D eigenvalue weighted by Crippen LogP contribution is 2.14. The lowest BCUT2D eigenvalue weighted by Gasteiger charge is -2.10. The fourth-order valence-electron chi connectivity index (χ4n) is 3.47. The number of carbonyl (C=O) groups excluding carboxylic acids is 2. The Hall–Kier alpha value is -2.88. The molecule has 0 N–H and O–H groups in total. The average Bonchev–Trinajstić information content (AvgIpc) is 2.93. The van der Waals surface area contributed by atoms with Crippen molar-refractivity contribution < 1.29 is 19.1 Å². The van der Waals surface area contributed by atoms with Crippen molar-refractivity contribution in [1.29, 1.82) is 0 Å². The summed E-state index contributed by atoms with van der Waals surface area (Å²) in [5, 5.41) is 0. The Morgan fingerprint density at radius 1 is 0.595 bits per heavy atom. The van der Waals surface area contributed by atoms with Gasteiger partial charge in [0.15, 0.2) is 0 Å². The molecule has 4 heteroatoms. The maximum absolute atomic E-state index is 12.4. The van der Waals surface area contributed by atoms with Crippen molar-refractivity contribution in [2.45, 2.75) is 97.8 Å². The molecule has 2 aromatic carbocycles. The van der Waals surface area contributed by atoms with Crippen LogP contribution in [0, 0.1) is 0 Å². The first-order valence-electron chi connectivity index (χ1n) is 14.1. The van der Waals surface area contributed by atoms with Gasteiger partial charge in [0.2, 0.25) is 0 Å². The lowest BCUT2D eigenvalue weighted by molar-refractivity contribution is 0.0450. The van der Waals surface area contributed by atoms with Gasteiger partial charge in [-0.25, -0.2) is 9.59 Å². The molecule has 4 nitrogen and oxygen atoms in total. The number of hydrogen-bond acceptors (Lipinski definition) is 4. The van der Waals surface area contributed by atoms with Crippen molar-refractivity contribution in [2.24, 2.45) is 0 Å². The third-order valence-electron chi connectivity index (χ3n) is 5.50. The molecular formula is C33H50O4. The molecule has 0 bridgehead atoms. The summed E-state index contributed by atoms with van der Waals surface area (Å²) >= 11 is 0. The number of hydrogen-bond donors (Lipinski definition) is 0. The molecule has 206 valence electrons. The van der Waals surface area contributed by atoms with E-state index in [-0.39, 0.29) is 0 Å². The summed E-state index contributed by atoms with van der Waals surface area (Å²) in [5.74, 6) is -0.888. The van der Waals surface area contributed by atoms with E-state index in [1.54, 1.807) is 30.3 Å². The Labute approximate surface area is 226 Å². The molecule has 0 aliphatic heterocycles. The topological polar surface area (TPSA) is 52.6 Å². The van der Waals surface area contributed by atoms with Crippen LogP contribution in [0.1, 0.15) is 119 Å². The molecule has 37 heavy (non-hydrogen) atoms. The Morgan fingerprint density at radius 2 is 0.892 bits per heavy atom. The van der Waals surface area contributed by atoms with E-state index < -0.39 is 11.9 Å². The van der Waals surface area contributed by atoms with Gasteiger partial charge < -0.3 is 9.47 Å². The zero-order chi connectivity index (χ0) is 27.4. The molecule has 0 spiro atoms. The minimum atomic E-state index is -0.444. The Morgan fingerprint density at radius 3 is 1.22 bits per heavy atom. The number of benzene rings is 2. The largest absolute Gasteiger partial charge is 0.462 e. The number of allylic oxidation sites excluding steroid dienone is 1. The van der Waals surface area contributed by atoms with E-state index in [9.17, 15) is 9.59 Å². The monoisotopic (exact) mass is 510 g/mol. The second-order valence-electron chi connectivity index (χ2n) is 8.92. The summed E-state index contributed by atoms with van der Waals surface area (Å²) < 4.78 is 10.7. The van der Waals surface area contributed by atoms with Gasteiger partial charge in [0.25, 0.3) is 0 Å². The number of carbonyl (C=O) groups is 2. The third-order valence-corrected chi connectivity index (χ3v) is 5.50. The molecule has 0 saturated heterocycles. The van der Waals surface area contributed by atoms with Crippen LogP contribution in [0.2, 0.25) is 0 Å². The van der Waals surface area contributed by atoms with Crippen LogP contribution in [0.5, 0.6) is 0 Å². The van der Waals surface area contributed by atoms with Crippen LogP contribution in [0.4, 0.5) is 0 Å². The minimum absolute atomic E-state index is 0.293. The zero-order valence-corrected chi connectivity index (χ0v) is 23.6. The highest BCUT2D eigenvalue weighted by atomic mass is 16.5. The molecule has 0 aliphatic carbocycles.